The summed E-state index contributed by atoms with van der Waals surface area (Å²) in [5, 5.41) is 3.45. The number of nitrogens with one attached hydrogen (secondary N) is 1. The third-order valence-corrected chi connectivity index (χ3v) is 6.03. The molecule has 2 fully saturated rings. The molecule has 0 spiro atoms. The third-order valence-electron chi connectivity index (χ3n) is 5.34. The molecule has 1 saturated heterocycles. The van der Waals surface area contributed by atoms with Gasteiger partial charge >= 0.3 is 6.09 Å². The molecule has 0 aromatic heterocycles. The highest BCUT2D eigenvalue weighted by Gasteiger charge is 2.35. The molecule has 2 aliphatic rings. The lowest BCUT2D eigenvalue weighted by Gasteiger charge is -2.40. The number of hydrogen-bond donors (Lipinski definition) is 1. The van der Waals surface area contributed by atoms with Crippen molar-refractivity contribution in [3.63, 3.8) is 0 Å². The fourth-order valence-electron chi connectivity index (χ4n) is 3.63. The van der Waals surface area contributed by atoms with Crippen LogP contribution in [0.2, 0.25) is 0 Å². The Kier molecular flexibility index (Phi) is 12.8. The summed E-state index contributed by atoms with van der Waals surface area (Å²) in [4.78, 5) is 22.0. The van der Waals surface area contributed by atoms with Crippen LogP contribution in [0.4, 0.5) is 4.79 Å². The highest BCUT2D eigenvalue weighted by atomic mass is 127. The minimum Gasteiger partial charge on any atom is -0.444 e. The first-order valence-electron chi connectivity index (χ1n) is 11.4. The van der Waals surface area contributed by atoms with Crippen LogP contribution < -0.4 is 5.32 Å². The molecule has 6 nitrogen and oxygen atoms in total. The number of aliphatic imine (C=N–C) groups is 1. The average molecular weight is 555 g/mol. The molecule has 1 aliphatic carbocycles. The van der Waals surface area contributed by atoms with E-state index in [1.54, 1.807) is 0 Å². The van der Waals surface area contributed by atoms with Gasteiger partial charge < -0.3 is 19.9 Å². The van der Waals surface area contributed by atoms with Crippen molar-refractivity contribution in [2.75, 3.05) is 44.7 Å². The van der Waals surface area contributed by atoms with Crippen LogP contribution in [0.3, 0.4) is 0 Å². The predicted molar refractivity (Wildman–Crippen MR) is 139 cm³/mol. The Balaban J connectivity index is 0.00000450. The zero-order valence-electron chi connectivity index (χ0n) is 19.6. The van der Waals surface area contributed by atoms with E-state index in [-0.39, 0.29) is 36.1 Å². The number of amides is 1. The number of halogens is 1. The van der Waals surface area contributed by atoms with Crippen LogP contribution >= 0.6 is 35.7 Å². The fraction of sp³-hybridized carbons (Fsp3) is 0.909. The fourth-order valence-corrected chi connectivity index (χ4v) is 4.12. The second kappa shape index (κ2) is 13.9. The van der Waals surface area contributed by atoms with Gasteiger partial charge in [0.1, 0.15) is 5.60 Å². The van der Waals surface area contributed by atoms with Gasteiger partial charge in [0.25, 0.3) is 0 Å². The number of likely N-dealkylation sites (tertiary alicyclic amines) is 1. The van der Waals surface area contributed by atoms with Crippen molar-refractivity contribution < 1.29 is 9.53 Å². The summed E-state index contributed by atoms with van der Waals surface area (Å²) >= 11 is 1.90. The number of rotatable bonds is 9. The van der Waals surface area contributed by atoms with Crippen molar-refractivity contribution >= 4 is 47.8 Å². The standard InChI is InChI=1S/C22H42N4O2S.HI/c1-6-23-20(24-13-7-8-16-29-5)25-14-11-19(12-15-25)26(17-18-9-10-18)21(27)28-22(2,3)4;/h18-19H,6-17H2,1-5H3,(H,23,24);1H. The van der Waals surface area contributed by atoms with Crippen molar-refractivity contribution in [2.45, 2.75) is 77.9 Å². The molecule has 1 heterocycles. The number of nitrogens with zero attached hydrogens (tertiary/aromatic N) is 3. The first-order chi connectivity index (χ1) is 13.8. The zero-order valence-corrected chi connectivity index (χ0v) is 22.8. The number of ether oxygens (including phenoxy) is 1. The molecule has 0 atom stereocenters. The first kappa shape index (κ1) is 27.7. The van der Waals surface area contributed by atoms with E-state index in [0.29, 0.717) is 5.92 Å². The second-order valence-electron chi connectivity index (χ2n) is 9.23. The van der Waals surface area contributed by atoms with Crippen LogP contribution in [0.25, 0.3) is 0 Å². The van der Waals surface area contributed by atoms with Gasteiger partial charge in [-0.3, -0.25) is 4.99 Å². The lowest BCUT2D eigenvalue weighted by Crippen LogP contribution is -2.52. The number of hydrogen-bond acceptors (Lipinski definition) is 4. The second-order valence-corrected chi connectivity index (χ2v) is 10.2. The van der Waals surface area contributed by atoms with E-state index in [4.69, 9.17) is 9.73 Å². The molecular formula is C22H43IN4O2S. The maximum atomic E-state index is 12.8. The minimum atomic E-state index is -0.444. The largest absolute Gasteiger partial charge is 0.444 e. The van der Waals surface area contributed by atoms with E-state index >= 15 is 0 Å². The van der Waals surface area contributed by atoms with Gasteiger partial charge in [0, 0.05) is 38.8 Å². The smallest absolute Gasteiger partial charge is 0.410 e. The van der Waals surface area contributed by atoms with E-state index in [2.05, 4.69) is 23.4 Å². The topological polar surface area (TPSA) is 57.2 Å². The molecule has 8 heteroatoms. The van der Waals surface area contributed by atoms with Gasteiger partial charge in [-0.05, 0) is 84.1 Å². The van der Waals surface area contributed by atoms with E-state index in [0.717, 1.165) is 57.9 Å². The van der Waals surface area contributed by atoms with Crippen molar-refractivity contribution in [1.82, 2.24) is 15.1 Å². The Morgan fingerprint density at radius 1 is 1.20 bits per heavy atom. The summed E-state index contributed by atoms with van der Waals surface area (Å²) in [6.07, 6.45) is 8.81. The van der Waals surface area contributed by atoms with Gasteiger partial charge in [0.2, 0.25) is 0 Å². The molecule has 176 valence electrons. The van der Waals surface area contributed by atoms with Crippen molar-refractivity contribution in [2.24, 2.45) is 10.9 Å². The molecule has 1 aliphatic heterocycles. The number of thioether (sulfide) groups is 1. The Labute approximate surface area is 205 Å². The van der Waals surface area contributed by atoms with Crippen LogP contribution in [0.5, 0.6) is 0 Å². The van der Waals surface area contributed by atoms with E-state index in [1.807, 2.05) is 37.4 Å². The van der Waals surface area contributed by atoms with E-state index < -0.39 is 5.60 Å². The maximum Gasteiger partial charge on any atom is 0.410 e. The summed E-state index contributed by atoms with van der Waals surface area (Å²) < 4.78 is 5.72. The van der Waals surface area contributed by atoms with Crippen molar-refractivity contribution in [3.05, 3.63) is 0 Å². The van der Waals surface area contributed by atoms with Gasteiger partial charge in [-0.1, -0.05) is 0 Å². The SMILES string of the molecule is CCNC(=NCCCCSC)N1CCC(N(CC2CC2)C(=O)OC(C)(C)C)CC1.I. The van der Waals surface area contributed by atoms with Crippen LogP contribution in [0, 0.1) is 5.92 Å². The van der Waals surface area contributed by atoms with Crippen LogP contribution in [-0.4, -0.2) is 78.2 Å². The summed E-state index contributed by atoms with van der Waals surface area (Å²) in [6.45, 7) is 12.4. The van der Waals surface area contributed by atoms with E-state index in [9.17, 15) is 4.79 Å². The molecule has 1 amide bonds. The lowest BCUT2D eigenvalue weighted by molar-refractivity contribution is 0.00928. The quantitative estimate of drug-likeness (QED) is 0.192. The van der Waals surface area contributed by atoms with Gasteiger partial charge in [0.15, 0.2) is 5.96 Å². The zero-order chi connectivity index (χ0) is 21.3. The van der Waals surface area contributed by atoms with E-state index in [1.165, 1.54) is 25.0 Å². The third kappa shape index (κ3) is 10.3. The molecule has 0 aromatic carbocycles. The van der Waals surface area contributed by atoms with Crippen molar-refractivity contribution in [3.8, 4) is 0 Å². The summed E-state index contributed by atoms with van der Waals surface area (Å²) in [5.41, 5.74) is -0.444. The predicted octanol–water partition coefficient (Wildman–Crippen LogP) is 4.82. The number of unbranched alkanes of at least 4 members (excludes halogenated alkanes) is 1. The molecule has 0 radical (unpaired) electrons. The first-order valence-corrected chi connectivity index (χ1v) is 12.7. The minimum absolute atomic E-state index is 0. The molecule has 0 bridgehead atoms. The molecule has 1 saturated carbocycles. The molecule has 0 unspecified atom stereocenters. The van der Waals surface area contributed by atoms with Crippen LogP contribution in [-0.2, 0) is 4.74 Å². The number of piperidine rings is 1. The Hall–Kier alpha value is -0.380. The molecular weight excluding hydrogens is 511 g/mol. The summed E-state index contributed by atoms with van der Waals surface area (Å²) in [7, 11) is 0. The summed E-state index contributed by atoms with van der Waals surface area (Å²) in [6, 6.07) is 0.270. The highest BCUT2D eigenvalue weighted by molar-refractivity contribution is 14.0. The van der Waals surface area contributed by atoms with Gasteiger partial charge in [-0.25, -0.2) is 4.79 Å². The van der Waals surface area contributed by atoms with Gasteiger partial charge in [-0.2, -0.15) is 11.8 Å². The maximum absolute atomic E-state index is 12.8. The average Bonchev–Trinajstić information content (AvgIpc) is 3.48. The molecule has 2 rings (SSSR count). The Morgan fingerprint density at radius 3 is 2.40 bits per heavy atom. The van der Waals surface area contributed by atoms with Crippen LogP contribution in [0.1, 0.15) is 66.2 Å². The van der Waals surface area contributed by atoms with Crippen molar-refractivity contribution in [1.29, 1.82) is 0 Å². The molecule has 30 heavy (non-hydrogen) atoms. The van der Waals surface area contributed by atoms with Gasteiger partial charge in [0.05, 0.1) is 0 Å². The monoisotopic (exact) mass is 554 g/mol. The number of carbonyl (C=O) groups excluding carboxylic acids is 1. The summed E-state index contributed by atoms with van der Waals surface area (Å²) in [5.74, 6) is 2.90. The molecule has 0 aromatic rings. The number of guanidine groups is 1. The van der Waals surface area contributed by atoms with Gasteiger partial charge in [-0.15, -0.1) is 24.0 Å². The normalized spacial score (nSPS) is 18.0. The highest BCUT2D eigenvalue weighted by Crippen LogP contribution is 2.32. The Bertz CT molecular complexity index is 530. The molecule has 1 N–H and O–H groups in total. The lowest BCUT2D eigenvalue weighted by atomic mass is 10.0. The Morgan fingerprint density at radius 2 is 1.87 bits per heavy atom. The van der Waals surface area contributed by atoms with Crippen LogP contribution in [0.15, 0.2) is 4.99 Å². The number of carbonyl (C=O) groups is 1.